The van der Waals surface area contributed by atoms with Crippen LogP contribution in [0.25, 0.3) is 0 Å². The number of carbonyl (C=O) groups excluding carboxylic acids is 1. The number of rotatable bonds is 4. The van der Waals surface area contributed by atoms with Crippen LogP contribution in [-0.4, -0.2) is 17.4 Å². The number of anilines is 2. The van der Waals surface area contributed by atoms with Crippen LogP contribution in [0.1, 0.15) is 23.0 Å². The molecule has 0 unspecified atom stereocenters. The van der Waals surface area contributed by atoms with E-state index in [9.17, 15) is 4.79 Å². The normalized spacial score (nSPS) is 10.2. The lowest BCUT2D eigenvalue weighted by molar-refractivity contribution is 0.102. The highest BCUT2D eigenvalue weighted by molar-refractivity contribution is 6.34. The predicted octanol–water partition coefficient (Wildman–Crippen LogP) is 3.73. The van der Waals surface area contributed by atoms with Crippen LogP contribution in [0.5, 0.6) is 0 Å². The van der Waals surface area contributed by atoms with Gasteiger partial charge in [-0.15, -0.1) is 0 Å². The summed E-state index contributed by atoms with van der Waals surface area (Å²) in [6, 6.07) is 8.97. The molecule has 0 fully saturated rings. The van der Waals surface area contributed by atoms with E-state index in [1.165, 1.54) is 0 Å². The highest BCUT2D eigenvalue weighted by Crippen LogP contribution is 2.23. The molecule has 1 aromatic carbocycles. The zero-order chi connectivity index (χ0) is 14.5. The van der Waals surface area contributed by atoms with Crippen LogP contribution in [0.2, 0.25) is 5.02 Å². The molecule has 0 aliphatic carbocycles. The van der Waals surface area contributed by atoms with Crippen molar-refractivity contribution in [3.63, 3.8) is 0 Å². The molecule has 0 saturated heterocycles. The molecule has 2 rings (SSSR count). The summed E-state index contributed by atoms with van der Waals surface area (Å²) in [4.78, 5) is 16.2. The lowest BCUT2D eigenvalue weighted by Crippen LogP contribution is -2.14. The van der Waals surface area contributed by atoms with Crippen molar-refractivity contribution in [2.45, 2.75) is 13.8 Å². The minimum absolute atomic E-state index is 0.279. The van der Waals surface area contributed by atoms with Gasteiger partial charge in [-0.3, -0.25) is 4.79 Å². The third kappa shape index (κ3) is 3.48. The largest absolute Gasteiger partial charge is 0.384 e. The lowest BCUT2D eigenvalue weighted by atomic mass is 10.2. The second kappa shape index (κ2) is 6.39. The Morgan fingerprint density at radius 2 is 2.10 bits per heavy atom. The predicted molar refractivity (Wildman–Crippen MR) is 82.5 cm³/mol. The molecule has 104 valence electrons. The summed E-state index contributed by atoms with van der Waals surface area (Å²) in [5, 5.41) is 6.39. The molecule has 5 heteroatoms. The van der Waals surface area contributed by atoms with Gasteiger partial charge in [-0.25, -0.2) is 4.98 Å². The van der Waals surface area contributed by atoms with Crippen molar-refractivity contribution in [2.24, 2.45) is 0 Å². The monoisotopic (exact) mass is 289 g/mol. The zero-order valence-electron chi connectivity index (χ0n) is 11.4. The Labute approximate surface area is 123 Å². The molecule has 0 atom stereocenters. The fourth-order valence-electron chi connectivity index (χ4n) is 1.74. The fraction of sp³-hybridized carbons (Fsp3) is 0.200. The summed E-state index contributed by atoms with van der Waals surface area (Å²) >= 11 is 6.08. The van der Waals surface area contributed by atoms with Gasteiger partial charge in [-0.1, -0.05) is 17.7 Å². The first-order chi connectivity index (χ1) is 9.60. The average molecular weight is 290 g/mol. The van der Waals surface area contributed by atoms with E-state index in [2.05, 4.69) is 15.6 Å². The number of hydrogen-bond donors (Lipinski definition) is 2. The van der Waals surface area contributed by atoms with Gasteiger partial charge in [0.05, 0.1) is 22.6 Å². The van der Waals surface area contributed by atoms with Gasteiger partial charge in [-0.2, -0.15) is 0 Å². The molecule has 0 aliphatic heterocycles. The van der Waals surface area contributed by atoms with Crippen LogP contribution in [0.15, 0.2) is 36.5 Å². The van der Waals surface area contributed by atoms with E-state index < -0.39 is 0 Å². The first-order valence-electron chi connectivity index (χ1n) is 6.37. The van der Waals surface area contributed by atoms with Gasteiger partial charge < -0.3 is 10.6 Å². The van der Waals surface area contributed by atoms with Crippen molar-refractivity contribution in [1.82, 2.24) is 4.98 Å². The van der Waals surface area contributed by atoms with Crippen LogP contribution in [-0.2, 0) is 0 Å². The van der Waals surface area contributed by atoms with E-state index in [0.717, 1.165) is 17.8 Å². The second-order valence-electron chi connectivity index (χ2n) is 4.40. The summed E-state index contributed by atoms with van der Waals surface area (Å²) in [5.41, 5.74) is 2.86. The number of benzene rings is 1. The number of pyridine rings is 1. The minimum Gasteiger partial charge on any atom is -0.384 e. The van der Waals surface area contributed by atoms with Gasteiger partial charge >= 0.3 is 0 Å². The van der Waals surface area contributed by atoms with Gasteiger partial charge in [0, 0.05) is 6.54 Å². The number of nitrogens with one attached hydrogen (secondary N) is 2. The molecule has 0 spiro atoms. The molecule has 1 aromatic heterocycles. The average Bonchev–Trinajstić information content (AvgIpc) is 2.43. The number of carbonyl (C=O) groups is 1. The third-order valence-corrected chi connectivity index (χ3v) is 3.06. The quantitative estimate of drug-likeness (QED) is 0.902. The number of aromatic nitrogens is 1. The van der Waals surface area contributed by atoms with Crippen LogP contribution in [0.4, 0.5) is 11.4 Å². The van der Waals surface area contributed by atoms with Gasteiger partial charge in [0.1, 0.15) is 5.69 Å². The molecule has 0 radical (unpaired) electrons. The van der Waals surface area contributed by atoms with E-state index in [1.807, 2.05) is 26.0 Å². The molecule has 20 heavy (non-hydrogen) atoms. The van der Waals surface area contributed by atoms with Crippen molar-refractivity contribution in [1.29, 1.82) is 0 Å². The Morgan fingerprint density at radius 3 is 2.70 bits per heavy atom. The number of halogens is 1. The molecule has 1 amide bonds. The van der Waals surface area contributed by atoms with Crippen LogP contribution in [0.3, 0.4) is 0 Å². The van der Waals surface area contributed by atoms with E-state index in [4.69, 9.17) is 11.6 Å². The van der Waals surface area contributed by atoms with E-state index in [1.54, 1.807) is 24.4 Å². The van der Waals surface area contributed by atoms with Gasteiger partial charge in [0.25, 0.3) is 5.91 Å². The molecule has 0 saturated carbocycles. The van der Waals surface area contributed by atoms with Crippen molar-refractivity contribution >= 4 is 28.9 Å². The van der Waals surface area contributed by atoms with Gasteiger partial charge in [-0.05, 0) is 43.7 Å². The Hall–Kier alpha value is -2.07. The van der Waals surface area contributed by atoms with Gasteiger partial charge in [0.15, 0.2) is 0 Å². The Balaban J connectivity index is 2.11. The molecule has 2 N–H and O–H groups in total. The molecule has 1 heterocycles. The molecule has 4 nitrogen and oxygen atoms in total. The summed E-state index contributed by atoms with van der Waals surface area (Å²) in [5.74, 6) is -0.279. The summed E-state index contributed by atoms with van der Waals surface area (Å²) in [6.45, 7) is 4.75. The maximum Gasteiger partial charge on any atom is 0.274 e. The van der Waals surface area contributed by atoms with Crippen molar-refractivity contribution < 1.29 is 4.79 Å². The smallest absolute Gasteiger partial charge is 0.274 e. The first-order valence-corrected chi connectivity index (χ1v) is 6.75. The summed E-state index contributed by atoms with van der Waals surface area (Å²) < 4.78 is 0. The number of hydrogen-bond acceptors (Lipinski definition) is 3. The molecule has 0 aliphatic rings. The fourth-order valence-corrected chi connectivity index (χ4v) is 2.03. The Bertz CT molecular complexity index is 611. The maximum absolute atomic E-state index is 12.1. The minimum atomic E-state index is -0.279. The Morgan fingerprint density at radius 1 is 1.30 bits per heavy atom. The second-order valence-corrected chi connectivity index (χ2v) is 4.81. The standard InChI is InChI=1S/C15H16ClN3O/c1-3-17-11-5-7-14(18-9-11)15(20)19-13-6-4-10(2)8-12(13)16/h4-9,17H,3H2,1-2H3,(H,19,20). The molecule has 0 bridgehead atoms. The number of nitrogens with zero attached hydrogens (tertiary/aromatic N) is 1. The van der Waals surface area contributed by atoms with E-state index in [-0.39, 0.29) is 5.91 Å². The van der Waals surface area contributed by atoms with E-state index in [0.29, 0.717) is 16.4 Å². The Kier molecular flexibility index (Phi) is 4.58. The van der Waals surface area contributed by atoms with Crippen LogP contribution < -0.4 is 10.6 Å². The van der Waals surface area contributed by atoms with Gasteiger partial charge in [0.2, 0.25) is 0 Å². The topological polar surface area (TPSA) is 54.0 Å². The van der Waals surface area contributed by atoms with Crippen LogP contribution in [0, 0.1) is 6.92 Å². The molecular formula is C15H16ClN3O. The highest BCUT2D eigenvalue weighted by atomic mass is 35.5. The lowest BCUT2D eigenvalue weighted by Gasteiger charge is -2.08. The third-order valence-electron chi connectivity index (χ3n) is 2.75. The first kappa shape index (κ1) is 14.3. The molecular weight excluding hydrogens is 274 g/mol. The maximum atomic E-state index is 12.1. The van der Waals surface area contributed by atoms with Crippen LogP contribution >= 0.6 is 11.6 Å². The van der Waals surface area contributed by atoms with Crippen molar-refractivity contribution in [2.75, 3.05) is 17.2 Å². The van der Waals surface area contributed by atoms with E-state index >= 15 is 0 Å². The molecule has 2 aromatic rings. The number of aryl methyl sites for hydroxylation is 1. The SMILES string of the molecule is CCNc1ccc(C(=O)Nc2ccc(C)cc2Cl)nc1. The summed E-state index contributed by atoms with van der Waals surface area (Å²) in [7, 11) is 0. The zero-order valence-corrected chi connectivity index (χ0v) is 12.2. The number of amides is 1. The highest BCUT2D eigenvalue weighted by Gasteiger charge is 2.09. The van der Waals surface area contributed by atoms with Crippen molar-refractivity contribution in [3.8, 4) is 0 Å². The van der Waals surface area contributed by atoms with Crippen molar-refractivity contribution in [3.05, 3.63) is 52.8 Å². The summed E-state index contributed by atoms with van der Waals surface area (Å²) in [6.07, 6.45) is 1.63.